The van der Waals surface area contributed by atoms with Crippen molar-refractivity contribution in [3.63, 3.8) is 0 Å². The number of rotatable bonds is 4. The number of ether oxygens (including phenoxy) is 3. The van der Waals surface area contributed by atoms with E-state index in [1.807, 2.05) is 12.1 Å². The molecular weight excluding hydrogens is 382 g/mol. The molecule has 0 amide bonds. The number of piperazine rings is 1. The van der Waals surface area contributed by atoms with Gasteiger partial charge in [0.1, 0.15) is 12.0 Å². The van der Waals surface area contributed by atoms with E-state index in [2.05, 4.69) is 9.80 Å². The maximum Gasteiger partial charge on any atom is 0.228 e. The summed E-state index contributed by atoms with van der Waals surface area (Å²) in [7, 11) is 3.25. The number of nitrogen functional groups attached to an aromatic ring is 1. The van der Waals surface area contributed by atoms with Crippen LogP contribution in [0.25, 0.3) is 10.9 Å². The molecule has 30 heavy (non-hydrogen) atoms. The Kier molecular flexibility index (Phi) is 5.28. The van der Waals surface area contributed by atoms with Crippen molar-refractivity contribution in [3.05, 3.63) is 12.1 Å². The standard InChI is InChI=1S/C22H31N5O3/c1-28-18-12-14-15(13-19(18)29-2)24-22(25-21(14)23)27-10-9-26(20-8-5-11-30-20)16-6-3-4-7-17(16)27/h12-13,16-17,20H,3-11H2,1-2H3,(H2,23,24,25)/t16-,17+,20?/m1/s1. The molecule has 0 bridgehead atoms. The third-order valence-corrected chi connectivity index (χ3v) is 6.87. The van der Waals surface area contributed by atoms with Crippen molar-refractivity contribution < 1.29 is 14.2 Å². The van der Waals surface area contributed by atoms with Crippen LogP contribution >= 0.6 is 0 Å². The van der Waals surface area contributed by atoms with Crippen molar-refractivity contribution in [3.8, 4) is 11.5 Å². The molecule has 1 unspecified atom stereocenters. The van der Waals surface area contributed by atoms with Gasteiger partial charge < -0.3 is 24.8 Å². The summed E-state index contributed by atoms with van der Waals surface area (Å²) in [5, 5.41) is 0.787. The number of methoxy groups -OCH3 is 2. The Morgan fingerprint density at radius 3 is 2.47 bits per heavy atom. The van der Waals surface area contributed by atoms with Gasteiger partial charge in [-0.25, -0.2) is 4.98 Å². The van der Waals surface area contributed by atoms with Gasteiger partial charge in [0.15, 0.2) is 11.5 Å². The lowest BCUT2D eigenvalue weighted by Crippen LogP contribution is -2.63. The molecule has 2 saturated heterocycles. The molecule has 0 radical (unpaired) electrons. The number of nitrogens with two attached hydrogens (primary N) is 1. The van der Waals surface area contributed by atoms with Crippen molar-refractivity contribution >= 4 is 22.7 Å². The molecule has 3 heterocycles. The van der Waals surface area contributed by atoms with Crippen LogP contribution in [0, 0.1) is 0 Å². The first-order valence-corrected chi connectivity index (χ1v) is 11.0. The van der Waals surface area contributed by atoms with E-state index in [9.17, 15) is 0 Å². The van der Waals surface area contributed by atoms with E-state index < -0.39 is 0 Å². The second kappa shape index (κ2) is 8.07. The van der Waals surface area contributed by atoms with Crippen LogP contribution in [-0.2, 0) is 4.74 Å². The summed E-state index contributed by atoms with van der Waals surface area (Å²) in [4.78, 5) is 14.6. The number of aromatic nitrogens is 2. The Morgan fingerprint density at radius 2 is 1.73 bits per heavy atom. The lowest BCUT2D eigenvalue weighted by molar-refractivity contribution is -0.0648. The van der Waals surface area contributed by atoms with Crippen LogP contribution in [0.4, 0.5) is 11.8 Å². The molecule has 3 fully saturated rings. The minimum atomic E-state index is 0.275. The van der Waals surface area contributed by atoms with Crippen LogP contribution in [0.5, 0.6) is 11.5 Å². The number of benzene rings is 1. The van der Waals surface area contributed by atoms with E-state index in [1.165, 1.54) is 19.3 Å². The van der Waals surface area contributed by atoms with E-state index in [4.69, 9.17) is 29.9 Å². The molecule has 2 N–H and O–H groups in total. The van der Waals surface area contributed by atoms with Crippen molar-refractivity contribution in [2.75, 3.05) is 44.5 Å². The third kappa shape index (κ3) is 3.32. The van der Waals surface area contributed by atoms with Crippen molar-refractivity contribution in [1.82, 2.24) is 14.9 Å². The lowest BCUT2D eigenvalue weighted by Gasteiger charge is -2.51. The fourth-order valence-corrected chi connectivity index (χ4v) is 5.42. The van der Waals surface area contributed by atoms with E-state index in [1.54, 1.807) is 14.2 Å². The quantitative estimate of drug-likeness (QED) is 0.819. The molecule has 3 atom stereocenters. The molecule has 3 aliphatic rings. The van der Waals surface area contributed by atoms with Crippen LogP contribution in [-0.4, -0.2) is 67.1 Å². The van der Waals surface area contributed by atoms with Crippen LogP contribution in [0.2, 0.25) is 0 Å². The monoisotopic (exact) mass is 413 g/mol. The smallest absolute Gasteiger partial charge is 0.228 e. The second-order valence-corrected chi connectivity index (χ2v) is 8.45. The van der Waals surface area contributed by atoms with Gasteiger partial charge in [-0.3, -0.25) is 4.90 Å². The molecule has 0 spiro atoms. The van der Waals surface area contributed by atoms with Gasteiger partial charge >= 0.3 is 0 Å². The average molecular weight is 414 g/mol. The zero-order valence-electron chi connectivity index (χ0n) is 17.8. The molecular formula is C22H31N5O3. The number of hydrogen-bond acceptors (Lipinski definition) is 8. The Labute approximate surface area is 177 Å². The first-order valence-electron chi connectivity index (χ1n) is 11.0. The largest absolute Gasteiger partial charge is 0.493 e. The van der Waals surface area contributed by atoms with E-state index in [0.717, 1.165) is 55.8 Å². The molecule has 1 saturated carbocycles. The van der Waals surface area contributed by atoms with Gasteiger partial charge in [0.05, 0.1) is 19.7 Å². The summed E-state index contributed by atoms with van der Waals surface area (Å²) in [6.45, 7) is 2.75. The van der Waals surface area contributed by atoms with Crippen molar-refractivity contribution in [2.24, 2.45) is 0 Å². The molecule has 1 aromatic heterocycles. The number of hydrogen-bond donors (Lipinski definition) is 1. The molecule has 1 aromatic carbocycles. The summed E-state index contributed by atoms with van der Waals surface area (Å²) in [6, 6.07) is 4.62. The Bertz CT molecular complexity index is 917. The van der Waals surface area contributed by atoms with E-state index in [-0.39, 0.29) is 6.23 Å². The van der Waals surface area contributed by atoms with Gasteiger partial charge in [0.2, 0.25) is 5.95 Å². The Balaban J connectivity index is 1.49. The van der Waals surface area contributed by atoms with Gasteiger partial charge in [0, 0.05) is 43.2 Å². The fraction of sp³-hybridized carbons (Fsp3) is 0.636. The van der Waals surface area contributed by atoms with E-state index in [0.29, 0.717) is 29.4 Å². The van der Waals surface area contributed by atoms with Crippen LogP contribution in [0.1, 0.15) is 38.5 Å². The van der Waals surface area contributed by atoms with E-state index >= 15 is 0 Å². The number of anilines is 2. The fourth-order valence-electron chi connectivity index (χ4n) is 5.42. The molecule has 8 heteroatoms. The maximum atomic E-state index is 6.37. The first-order chi connectivity index (χ1) is 14.7. The molecule has 1 aliphatic carbocycles. The molecule has 2 aliphatic heterocycles. The van der Waals surface area contributed by atoms with Crippen LogP contribution < -0.4 is 20.1 Å². The Morgan fingerprint density at radius 1 is 0.967 bits per heavy atom. The predicted molar refractivity (Wildman–Crippen MR) is 116 cm³/mol. The number of fused-ring (bicyclic) bond motifs is 2. The molecule has 8 nitrogen and oxygen atoms in total. The average Bonchev–Trinajstić information content (AvgIpc) is 3.32. The topological polar surface area (TPSA) is 86.0 Å². The van der Waals surface area contributed by atoms with Gasteiger partial charge in [-0.1, -0.05) is 12.8 Å². The van der Waals surface area contributed by atoms with Gasteiger partial charge in [-0.15, -0.1) is 0 Å². The predicted octanol–water partition coefficient (Wildman–Crippen LogP) is 2.80. The SMILES string of the molecule is COc1cc2nc(N3CCN(C4CCCO4)[C@@H]4CCCC[C@@H]43)nc(N)c2cc1OC. The van der Waals surface area contributed by atoms with Gasteiger partial charge in [-0.05, 0) is 31.7 Å². The summed E-state index contributed by atoms with van der Waals surface area (Å²) in [5.41, 5.74) is 7.15. The van der Waals surface area contributed by atoms with Crippen LogP contribution in [0.3, 0.4) is 0 Å². The maximum absolute atomic E-state index is 6.37. The summed E-state index contributed by atoms with van der Waals surface area (Å²) in [5.74, 6) is 2.47. The van der Waals surface area contributed by atoms with Crippen LogP contribution in [0.15, 0.2) is 12.1 Å². The Hall–Kier alpha value is -2.32. The second-order valence-electron chi connectivity index (χ2n) is 8.45. The normalized spacial score (nSPS) is 27.3. The highest BCUT2D eigenvalue weighted by Gasteiger charge is 2.42. The molecule has 5 rings (SSSR count). The summed E-state index contributed by atoms with van der Waals surface area (Å²) in [6.07, 6.45) is 7.46. The van der Waals surface area contributed by atoms with Crippen molar-refractivity contribution in [1.29, 1.82) is 0 Å². The zero-order chi connectivity index (χ0) is 20.7. The highest BCUT2D eigenvalue weighted by atomic mass is 16.5. The minimum Gasteiger partial charge on any atom is -0.493 e. The summed E-state index contributed by atoms with van der Waals surface area (Å²) >= 11 is 0. The van der Waals surface area contributed by atoms with Gasteiger partial charge in [0.25, 0.3) is 0 Å². The zero-order valence-corrected chi connectivity index (χ0v) is 17.8. The number of nitrogens with zero attached hydrogens (tertiary/aromatic N) is 4. The highest BCUT2D eigenvalue weighted by molar-refractivity contribution is 5.91. The lowest BCUT2D eigenvalue weighted by atomic mass is 9.86. The minimum absolute atomic E-state index is 0.275. The third-order valence-electron chi connectivity index (χ3n) is 6.87. The highest BCUT2D eigenvalue weighted by Crippen LogP contribution is 2.38. The molecule has 2 aromatic rings. The summed E-state index contributed by atoms with van der Waals surface area (Å²) < 4.78 is 16.9. The molecule has 162 valence electrons. The first kappa shape index (κ1) is 19.6. The van der Waals surface area contributed by atoms with Gasteiger partial charge in [-0.2, -0.15) is 4.98 Å². The van der Waals surface area contributed by atoms with Crippen molar-refractivity contribution in [2.45, 2.75) is 56.8 Å².